The van der Waals surface area contributed by atoms with Crippen LogP contribution in [0.3, 0.4) is 0 Å². The lowest BCUT2D eigenvalue weighted by molar-refractivity contribution is -0.138. The predicted molar refractivity (Wildman–Crippen MR) is 52.1 cm³/mol. The van der Waals surface area contributed by atoms with Gasteiger partial charge in [0.1, 0.15) is 13.1 Å². The van der Waals surface area contributed by atoms with Gasteiger partial charge in [-0.2, -0.15) is 0 Å². The van der Waals surface area contributed by atoms with Gasteiger partial charge in [0, 0.05) is 13.6 Å². The number of hydrogen-bond acceptors (Lipinski definition) is 3. The molecular formula is C8H15N3O4. The van der Waals surface area contributed by atoms with E-state index in [1.54, 1.807) is 6.92 Å². The largest absolute Gasteiger partial charge is 0.480 e. The maximum absolute atomic E-state index is 11.5. The SMILES string of the molecule is CCN(C)C(=O)N(CC(N)=O)CC(=O)O. The Morgan fingerprint density at radius 1 is 1.27 bits per heavy atom. The fourth-order valence-corrected chi connectivity index (χ4v) is 0.919. The molecule has 0 aliphatic rings. The number of carboxylic acids is 1. The Bertz CT molecular complexity index is 251. The van der Waals surface area contributed by atoms with Crippen molar-refractivity contribution in [3.05, 3.63) is 0 Å². The van der Waals surface area contributed by atoms with E-state index in [2.05, 4.69) is 0 Å². The van der Waals surface area contributed by atoms with Crippen LogP contribution in [0.5, 0.6) is 0 Å². The van der Waals surface area contributed by atoms with Crippen molar-refractivity contribution in [1.29, 1.82) is 0 Å². The van der Waals surface area contributed by atoms with E-state index in [4.69, 9.17) is 10.8 Å². The molecule has 0 unspecified atom stereocenters. The van der Waals surface area contributed by atoms with Gasteiger partial charge < -0.3 is 20.6 Å². The van der Waals surface area contributed by atoms with E-state index in [1.807, 2.05) is 0 Å². The number of carbonyl (C=O) groups excluding carboxylic acids is 2. The summed E-state index contributed by atoms with van der Waals surface area (Å²) in [6.45, 7) is 1.23. The second kappa shape index (κ2) is 5.84. The Morgan fingerprint density at radius 2 is 1.80 bits per heavy atom. The molecule has 0 aliphatic heterocycles. The minimum absolute atomic E-state index is 0.393. The van der Waals surface area contributed by atoms with Crippen molar-refractivity contribution in [1.82, 2.24) is 9.80 Å². The number of rotatable bonds is 5. The molecule has 0 aromatic carbocycles. The van der Waals surface area contributed by atoms with E-state index in [0.717, 1.165) is 4.90 Å². The average Bonchev–Trinajstić information content (AvgIpc) is 2.13. The highest BCUT2D eigenvalue weighted by atomic mass is 16.4. The summed E-state index contributed by atoms with van der Waals surface area (Å²) in [4.78, 5) is 34.8. The van der Waals surface area contributed by atoms with Crippen LogP contribution in [-0.4, -0.2) is 59.5 Å². The minimum atomic E-state index is -1.19. The van der Waals surface area contributed by atoms with Gasteiger partial charge in [-0.15, -0.1) is 0 Å². The van der Waals surface area contributed by atoms with Gasteiger partial charge in [-0.05, 0) is 6.92 Å². The Labute approximate surface area is 87.4 Å². The Hall–Kier alpha value is -1.79. The van der Waals surface area contributed by atoms with E-state index in [1.165, 1.54) is 11.9 Å². The van der Waals surface area contributed by atoms with E-state index in [9.17, 15) is 14.4 Å². The smallest absolute Gasteiger partial charge is 0.323 e. The lowest BCUT2D eigenvalue weighted by atomic mass is 10.4. The molecule has 86 valence electrons. The van der Waals surface area contributed by atoms with Gasteiger partial charge in [0.25, 0.3) is 0 Å². The average molecular weight is 217 g/mol. The van der Waals surface area contributed by atoms with Gasteiger partial charge in [0.2, 0.25) is 5.91 Å². The summed E-state index contributed by atoms with van der Waals surface area (Å²) in [5.41, 5.74) is 4.90. The summed E-state index contributed by atoms with van der Waals surface area (Å²) in [5, 5.41) is 8.54. The molecule has 0 aromatic rings. The van der Waals surface area contributed by atoms with Crippen LogP contribution in [0.15, 0.2) is 0 Å². The van der Waals surface area contributed by atoms with Crippen molar-refractivity contribution in [2.24, 2.45) is 5.73 Å². The van der Waals surface area contributed by atoms with Crippen LogP contribution < -0.4 is 5.73 Å². The molecule has 3 amide bonds. The molecule has 7 heteroatoms. The minimum Gasteiger partial charge on any atom is -0.480 e. The van der Waals surface area contributed by atoms with Gasteiger partial charge in [0.15, 0.2) is 0 Å². The Kier molecular flexibility index (Phi) is 5.14. The van der Waals surface area contributed by atoms with Crippen LogP contribution in [0.25, 0.3) is 0 Å². The topological polar surface area (TPSA) is 104 Å². The van der Waals surface area contributed by atoms with Crippen LogP contribution in [-0.2, 0) is 9.59 Å². The molecule has 15 heavy (non-hydrogen) atoms. The van der Waals surface area contributed by atoms with Crippen molar-refractivity contribution in [2.75, 3.05) is 26.7 Å². The zero-order valence-corrected chi connectivity index (χ0v) is 8.77. The van der Waals surface area contributed by atoms with Crippen LogP contribution in [0.2, 0.25) is 0 Å². The van der Waals surface area contributed by atoms with Crippen LogP contribution in [0.1, 0.15) is 6.92 Å². The molecule has 0 heterocycles. The van der Waals surface area contributed by atoms with Gasteiger partial charge >= 0.3 is 12.0 Å². The first-order valence-electron chi connectivity index (χ1n) is 4.38. The summed E-state index contributed by atoms with van der Waals surface area (Å²) in [5.74, 6) is -1.93. The standard InChI is InChI=1S/C8H15N3O4/c1-3-10(2)8(15)11(4-6(9)12)5-7(13)14/h3-5H2,1-2H3,(H2,9,12)(H,13,14). The lowest BCUT2D eigenvalue weighted by Crippen LogP contribution is -2.47. The van der Waals surface area contributed by atoms with Crippen LogP contribution in [0.4, 0.5) is 4.79 Å². The molecule has 0 saturated heterocycles. The maximum atomic E-state index is 11.5. The number of aliphatic carboxylic acids is 1. The van der Waals surface area contributed by atoms with Crippen molar-refractivity contribution >= 4 is 17.9 Å². The second-order valence-electron chi connectivity index (χ2n) is 3.01. The highest BCUT2D eigenvalue weighted by molar-refractivity contribution is 5.85. The number of hydrogen-bond donors (Lipinski definition) is 2. The number of primary amides is 1. The molecule has 0 bridgehead atoms. The molecule has 0 rings (SSSR count). The summed E-state index contributed by atoms with van der Waals surface area (Å²) < 4.78 is 0. The molecule has 0 aromatic heterocycles. The highest BCUT2D eigenvalue weighted by Gasteiger charge is 2.20. The van der Waals surface area contributed by atoms with Crippen molar-refractivity contribution in [3.63, 3.8) is 0 Å². The molecule has 0 saturated carbocycles. The van der Waals surface area contributed by atoms with Crippen molar-refractivity contribution in [3.8, 4) is 0 Å². The van der Waals surface area contributed by atoms with E-state index < -0.39 is 31.0 Å². The first kappa shape index (κ1) is 13.2. The lowest BCUT2D eigenvalue weighted by Gasteiger charge is -2.24. The molecule has 7 nitrogen and oxygen atoms in total. The fraction of sp³-hybridized carbons (Fsp3) is 0.625. The second-order valence-corrected chi connectivity index (χ2v) is 3.01. The summed E-state index contributed by atoms with van der Waals surface area (Å²) in [6, 6.07) is -0.529. The number of nitrogens with zero attached hydrogens (tertiary/aromatic N) is 2. The Morgan fingerprint density at radius 3 is 2.13 bits per heavy atom. The number of nitrogens with two attached hydrogens (primary N) is 1. The first-order valence-corrected chi connectivity index (χ1v) is 4.38. The molecule has 0 fully saturated rings. The quantitative estimate of drug-likeness (QED) is 0.611. The Balaban J connectivity index is 4.53. The molecule has 0 spiro atoms. The van der Waals surface area contributed by atoms with E-state index in [-0.39, 0.29) is 0 Å². The maximum Gasteiger partial charge on any atom is 0.323 e. The van der Waals surface area contributed by atoms with Gasteiger partial charge in [-0.3, -0.25) is 9.59 Å². The van der Waals surface area contributed by atoms with Crippen molar-refractivity contribution in [2.45, 2.75) is 6.92 Å². The zero-order chi connectivity index (χ0) is 12.0. The summed E-state index contributed by atoms with van der Waals surface area (Å²) in [6.07, 6.45) is 0. The van der Waals surface area contributed by atoms with Crippen LogP contribution in [0, 0.1) is 0 Å². The monoisotopic (exact) mass is 217 g/mol. The summed E-state index contributed by atoms with van der Waals surface area (Å²) >= 11 is 0. The predicted octanol–water partition coefficient (Wildman–Crippen LogP) is -1.07. The molecule has 3 N–H and O–H groups in total. The van der Waals surface area contributed by atoms with Crippen molar-refractivity contribution < 1.29 is 19.5 Å². The number of amides is 3. The zero-order valence-electron chi connectivity index (χ0n) is 8.77. The third kappa shape index (κ3) is 4.84. The third-order valence-electron chi connectivity index (χ3n) is 1.74. The molecule has 0 radical (unpaired) electrons. The van der Waals surface area contributed by atoms with Gasteiger partial charge in [0.05, 0.1) is 0 Å². The highest BCUT2D eigenvalue weighted by Crippen LogP contribution is 1.96. The fourth-order valence-electron chi connectivity index (χ4n) is 0.919. The van der Waals surface area contributed by atoms with Crippen LogP contribution >= 0.6 is 0 Å². The summed E-state index contributed by atoms with van der Waals surface area (Å²) in [7, 11) is 1.51. The molecule has 0 aliphatic carbocycles. The van der Waals surface area contributed by atoms with E-state index in [0.29, 0.717) is 6.54 Å². The number of carbonyl (C=O) groups is 3. The van der Waals surface area contributed by atoms with Gasteiger partial charge in [-0.1, -0.05) is 0 Å². The number of carboxylic acid groups (broad SMARTS) is 1. The molecule has 0 atom stereocenters. The molecular weight excluding hydrogens is 202 g/mol. The normalized spacial score (nSPS) is 9.47. The third-order valence-corrected chi connectivity index (χ3v) is 1.74. The first-order chi connectivity index (χ1) is 6.88. The van der Waals surface area contributed by atoms with Gasteiger partial charge in [-0.25, -0.2) is 4.79 Å². The van der Waals surface area contributed by atoms with E-state index >= 15 is 0 Å². The number of urea groups is 1.